The van der Waals surface area contributed by atoms with Crippen molar-refractivity contribution in [3.8, 4) is 5.75 Å². The summed E-state index contributed by atoms with van der Waals surface area (Å²) in [5.74, 6) is 2.20. The van der Waals surface area contributed by atoms with Crippen LogP contribution >= 0.6 is 15.9 Å². The van der Waals surface area contributed by atoms with Crippen LogP contribution in [0.5, 0.6) is 5.75 Å². The summed E-state index contributed by atoms with van der Waals surface area (Å²) >= 11 is 3.48. The molecule has 0 unspecified atom stereocenters. The third-order valence-electron chi connectivity index (χ3n) is 3.16. The normalized spacial score (nSPS) is 10.7. The minimum absolute atomic E-state index is 0.452. The molecule has 0 aliphatic carbocycles. The molecule has 0 radical (unpaired) electrons. The number of halogens is 1. The monoisotopic (exact) mass is 349 g/mol. The molecule has 0 saturated carbocycles. The van der Waals surface area contributed by atoms with E-state index in [4.69, 9.17) is 4.74 Å². The second-order valence-electron chi connectivity index (χ2n) is 5.09. The van der Waals surface area contributed by atoms with Gasteiger partial charge in [-0.05, 0) is 40.4 Å². The van der Waals surface area contributed by atoms with Gasteiger partial charge in [-0.3, -0.25) is 0 Å². The second-order valence-corrected chi connectivity index (χ2v) is 5.88. The van der Waals surface area contributed by atoms with Crippen molar-refractivity contribution < 1.29 is 4.74 Å². The number of benzene rings is 1. The average Bonchev–Trinajstić information content (AvgIpc) is 2.48. The first kappa shape index (κ1) is 15.8. The van der Waals surface area contributed by atoms with Crippen LogP contribution in [-0.4, -0.2) is 23.1 Å². The fourth-order valence-electron chi connectivity index (χ4n) is 2.00. The predicted octanol–water partition coefficient (Wildman–Crippen LogP) is 4.16. The molecule has 0 fully saturated rings. The number of anilines is 1. The van der Waals surface area contributed by atoms with Gasteiger partial charge in [0.15, 0.2) is 0 Å². The number of hydrogen-bond acceptors (Lipinski definition) is 4. The van der Waals surface area contributed by atoms with Crippen molar-refractivity contribution in [2.45, 2.75) is 26.7 Å². The van der Waals surface area contributed by atoms with Crippen LogP contribution in [0.4, 0.5) is 5.82 Å². The molecular formula is C16H20BrN3O. The fourth-order valence-corrected chi connectivity index (χ4v) is 2.35. The molecule has 0 spiro atoms. The number of nitrogens with one attached hydrogen (secondary N) is 1. The van der Waals surface area contributed by atoms with Gasteiger partial charge in [0.05, 0.1) is 16.7 Å². The van der Waals surface area contributed by atoms with Crippen LogP contribution in [0.3, 0.4) is 0 Å². The molecule has 0 atom stereocenters. The molecule has 1 aromatic carbocycles. The number of nitrogens with zero attached hydrogens (tertiary/aromatic N) is 2. The summed E-state index contributed by atoms with van der Waals surface area (Å²) in [4.78, 5) is 8.32. The summed E-state index contributed by atoms with van der Waals surface area (Å²) in [6, 6.07) is 8.16. The van der Waals surface area contributed by atoms with Crippen molar-refractivity contribution in [1.82, 2.24) is 9.97 Å². The molecule has 4 nitrogen and oxygen atoms in total. The van der Waals surface area contributed by atoms with Crippen LogP contribution in [0, 0.1) is 6.92 Å². The molecule has 21 heavy (non-hydrogen) atoms. The molecule has 1 aromatic heterocycles. The van der Waals surface area contributed by atoms with E-state index in [1.165, 1.54) is 5.56 Å². The molecule has 0 saturated heterocycles. The van der Waals surface area contributed by atoms with Crippen molar-refractivity contribution in [1.29, 1.82) is 0 Å². The van der Waals surface area contributed by atoms with Gasteiger partial charge in [-0.2, -0.15) is 0 Å². The topological polar surface area (TPSA) is 47.0 Å². The first-order valence-corrected chi connectivity index (χ1v) is 7.81. The quantitative estimate of drug-likeness (QED) is 0.795. The zero-order chi connectivity index (χ0) is 15.2. The molecule has 1 N–H and O–H groups in total. The Labute approximate surface area is 134 Å². The third kappa shape index (κ3) is 4.17. The van der Waals surface area contributed by atoms with E-state index in [0.29, 0.717) is 19.1 Å². The van der Waals surface area contributed by atoms with Crippen LogP contribution in [0.15, 0.2) is 35.1 Å². The lowest BCUT2D eigenvalue weighted by molar-refractivity contribution is 0.328. The largest absolute Gasteiger partial charge is 0.491 e. The maximum Gasteiger partial charge on any atom is 0.144 e. The first-order chi connectivity index (χ1) is 10.1. The molecule has 2 rings (SSSR count). The summed E-state index contributed by atoms with van der Waals surface area (Å²) in [6.45, 7) is 7.54. The molecule has 0 amide bonds. The Morgan fingerprint density at radius 2 is 2.00 bits per heavy atom. The minimum Gasteiger partial charge on any atom is -0.491 e. The molecule has 0 aliphatic rings. The second kappa shape index (κ2) is 7.41. The van der Waals surface area contributed by atoms with Crippen LogP contribution in [0.2, 0.25) is 0 Å². The molecule has 112 valence electrons. The Hall–Kier alpha value is -1.62. The van der Waals surface area contributed by atoms with Crippen LogP contribution < -0.4 is 10.1 Å². The number of aryl methyl sites for hydroxylation is 1. The SMILES string of the molecule is Cc1ncnc(NCCOc2ccccc2C(C)C)c1Br. The van der Waals surface area contributed by atoms with E-state index in [1.807, 2.05) is 25.1 Å². The number of ether oxygens (including phenoxy) is 1. The average molecular weight is 350 g/mol. The highest BCUT2D eigenvalue weighted by molar-refractivity contribution is 9.10. The van der Waals surface area contributed by atoms with E-state index in [1.54, 1.807) is 6.33 Å². The highest BCUT2D eigenvalue weighted by atomic mass is 79.9. The van der Waals surface area contributed by atoms with E-state index in [0.717, 1.165) is 21.7 Å². The van der Waals surface area contributed by atoms with Crippen molar-refractivity contribution in [2.75, 3.05) is 18.5 Å². The summed E-state index contributed by atoms with van der Waals surface area (Å²) in [6.07, 6.45) is 1.55. The molecule has 0 aliphatic heterocycles. The van der Waals surface area contributed by atoms with Crippen LogP contribution in [0.25, 0.3) is 0 Å². The van der Waals surface area contributed by atoms with Crippen molar-refractivity contribution >= 4 is 21.7 Å². The predicted molar refractivity (Wildman–Crippen MR) is 89.0 cm³/mol. The van der Waals surface area contributed by atoms with Gasteiger partial charge in [0.1, 0.15) is 24.5 Å². The number of aromatic nitrogens is 2. The van der Waals surface area contributed by atoms with Gasteiger partial charge in [0.2, 0.25) is 0 Å². The first-order valence-electron chi connectivity index (χ1n) is 7.02. The minimum atomic E-state index is 0.452. The standard InChI is InChI=1S/C16H20BrN3O/c1-11(2)13-6-4-5-7-14(13)21-9-8-18-16-15(17)12(3)19-10-20-16/h4-7,10-11H,8-9H2,1-3H3,(H,18,19,20). The number of para-hydroxylation sites is 1. The lowest BCUT2D eigenvalue weighted by atomic mass is 10.0. The lowest BCUT2D eigenvalue weighted by Gasteiger charge is -2.14. The van der Waals surface area contributed by atoms with Gasteiger partial charge in [0.25, 0.3) is 0 Å². The lowest BCUT2D eigenvalue weighted by Crippen LogP contribution is -2.14. The van der Waals surface area contributed by atoms with Crippen molar-refractivity contribution in [2.24, 2.45) is 0 Å². The molecule has 5 heteroatoms. The van der Waals surface area contributed by atoms with Gasteiger partial charge in [0, 0.05) is 0 Å². The molecule has 2 aromatic rings. The maximum atomic E-state index is 5.87. The summed E-state index contributed by atoms with van der Waals surface area (Å²) in [5.41, 5.74) is 2.15. The highest BCUT2D eigenvalue weighted by Gasteiger charge is 2.07. The van der Waals surface area contributed by atoms with E-state index in [9.17, 15) is 0 Å². The van der Waals surface area contributed by atoms with Crippen LogP contribution in [0.1, 0.15) is 31.0 Å². The Balaban J connectivity index is 1.89. The van der Waals surface area contributed by atoms with Gasteiger partial charge in [-0.1, -0.05) is 32.0 Å². The van der Waals surface area contributed by atoms with Crippen molar-refractivity contribution in [3.05, 3.63) is 46.3 Å². The molecule has 1 heterocycles. The van der Waals surface area contributed by atoms with E-state index >= 15 is 0 Å². The van der Waals surface area contributed by atoms with Gasteiger partial charge in [-0.25, -0.2) is 9.97 Å². The Morgan fingerprint density at radius 1 is 1.24 bits per heavy atom. The Bertz CT molecular complexity index is 602. The van der Waals surface area contributed by atoms with Crippen molar-refractivity contribution in [3.63, 3.8) is 0 Å². The zero-order valence-corrected chi connectivity index (χ0v) is 14.1. The third-order valence-corrected chi connectivity index (χ3v) is 4.11. The Morgan fingerprint density at radius 3 is 2.76 bits per heavy atom. The van der Waals surface area contributed by atoms with Gasteiger partial charge in [-0.15, -0.1) is 0 Å². The summed E-state index contributed by atoms with van der Waals surface area (Å²) in [5, 5.41) is 3.25. The highest BCUT2D eigenvalue weighted by Crippen LogP contribution is 2.26. The number of rotatable bonds is 6. The maximum absolute atomic E-state index is 5.87. The van der Waals surface area contributed by atoms with Gasteiger partial charge >= 0.3 is 0 Å². The van der Waals surface area contributed by atoms with Gasteiger partial charge < -0.3 is 10.1 Å². The number of hydrogen-bond donors (Lipinski definition) is 1. The smallest absolute Gasteiger partial charge is 0.144 e. The van der Waals surface area contributed by atoms with Crippen LogP contribution in [-0.2, 0) is 0 Å². The summed E-state index contributed by atoms with van der Waals surface area (Å²) in [7, 11) is 0. The molecule has 0 bridgehead atoms. The van der Waals surface area contributed by atoms with E-state index in [-0.39, 0.29) is 0 Å². The zero-order valence-electron chi connectivity index (χ0n) is 12.6. The van der Waals surface area contributed by atoms with E-state index in [2.05, 4.69) is 51.1 Å². The fraction of sp³-hybridized carbons (Fsp3) is 0.375. The Kier molecular flexibility index (Phi) is 5.56. The van der Waals surface area contributed by atoms with E-state index < -0.39 is 0 Å². The summed E-state index contributed by atoms with van der Waals surface area (Å²) < 4.78 is 6.76. The molecular weight excluding hydrogens is 330 g/mol.